The van der Waals surface area contributed by atoms with Gasteiger partial charge in [-0.05, 0) is 43.0 Å². The molecule has 2 saturated heterocycles. The summed E-state index contributed by atoms with van der Waals surface area (Å²) >= 11 is 0. The van der Waals surface area contributed by atoms with Crippen molar-refractivity contribution in [3.63, 3.8) is 0 Å². The van der Waals surface area contributed by atoms with Crippen molar-refractivity contribution >= 4 is 53.4 Å². The number of nitrogens with two attached hydrogens (primary N) is 1. The molecule has 2 heterocycles. The number of rotatable bonds is 38. The summed E-state index contributed by atoms with van der Waals surface area (Å²) in [6.07, 6.45) is -3.30. The van der Waals surface area contributed by atoms with E-state index in [0.29, 0.717) is 26.3 Å². The van der Waals surface area contributed by atoms with E-state index in [1.165, 1.54) is 13.8 Å². The van der Waals surface area contributed by atoms with Crippen LogP contribution in [0.3, 0.4) is 0 Å². The maximum Gasteiger partial charge on any atom is 0.308 e. The molecule has 4 rings (SSSR count). The van der Waals surface area contributed by atoms with Gasteiger partial charge < -0.3 is 75.9 Å². The molecule has 33 heteroatoms. The number of ether oxygens (including phenoxy) is 7. The van der Waals surface area contributed by atoms with Crippen LogP contribution in [0.5, 0.6) is 0 Å². The quantitative estimate of drug-likeness (QED) is 0.00796. The first kappa shape index (κ1) is 79.0. The number of morpholine rings is 2. The molecule has 506 valence electrons. The van der Waals surface area contributed by atoms with Gasteiger partial charge >= 0.3 is 17.9 Å². The highest BCUT2D eigenvalue weighted by atomic mass is 16.6. The molecule has 2 fully saturated rings. The molecule has 2 aliphatic heterocycles. The average molecular weight is 1290 g/mol. The maximum absolute atomic E-state index is 13.0. The second-order valence-corrected chi connectivity index (χ2v) is 21.2. The number of esters is 3. The molecule has 2 aromatic rings. The molecular formula is C58H92N16O17. The van der Waals surface area contributed by atoms with Crippen LogP contribution in [0.15, 0.2) is 70.9 Å². The minimum Gasteiger partial charge on any atom is -0.461 e. The van der Waals surface area contributed by atoms with Crippen molar-refractivity contribution in [2.75, 3.05) is 131 Å². The largest absolute Gasteiger partial charge is 0.461 e. The normalized spacial score (nSPS) is 14.7. The predicted molar refractivity (Wildman–Crippen MR) is 329 cm³/mol. The van der Waals surface area contributed by atoms with E-state index < -0.39 is 102 Å². The van der Waals surface area contributed by atoms with Crippen LogP contribution in [0.1, 0.15) is 71.4 Å². The molecular weight excluding hydrogens is 1190 g/mol. The fourth-order valence-electron chi connectivity index (χ4n) is 8.17. The fourth-order valence-corrected chi connectivity index (χ4v) is 8.17. The number of amides is 6. The van der Waals surface area contributed by atoms with Gasteiger partial charge in [0.1, 0.15) is 37.1 Å². The van der Waals surface area contributed by atoms with E-state index in [0.717, 1.165) is 63.6 Å². The number of hydrogen-bond acceptors (Lipinski definition) is 23. The van der Waals surface area contributed by atoms with Crippen LogP contribution in [0.2, 0.25) is 0 Å². The molecule has 10 N–H and O–H groups in total. The zero-order valence-corrected chi connectivity index (χ0v) is 52.7. The molecule has 33 nitrogen and oxygen atoms in total. The Balaban J connectivity index is 0.000000545. The van der Waals surface area contributed by atoms with Crippen LogP contribution in [0, 0.1) is 0 Å². The van der Waals surface area contributed by atoms with E-state index in [4.69, 9.17) is 50.0 Å². The Hall–Kier alpha value is -8.07. The molecule has 5 atom stereocenters. The van der Waals surface area contributed by atoms with Gasteiger partial charge in [0.05, 0.1) is 90.6 Å². The first-order chi connectivity index (χ1) is 43.6. The van der Waals surface area contributed by atoms with Crippen molar-refractivity contribution in [3.05, 3.63) is 92.7 Å². The van der Waals surface area contributed by atoms with E-state index in [1.807, 2.05) is 12.1 Å². The van der Waals surface area contributed by atoms with Crippen molar-refractivity contribution in [2.45, 2.75) is 110 Å². The third kappa shape index (κ3) is 40.3. The van der Waals surface area contributed by atoms with Crippen molar-refractivity contribution in [2.24, 2.45) is 16.0 Å². The second-order valence-electron chi connectivity index (χ2n) is 21.2. The number of carbonyl (C=O) groups excluding carboxylic acids is 9. The van der Waals surface area contributed by atoms with Gasteiger partial charge in [-0.25, -0.2) is 0 Å². The van der Waals surface area contributed by atoms with Gasteiger partial charge in [0.15, 0.2) is 0 Å². The third-order valence-corrected chi connectivity index (χ3v) is 12.5. The highest BCUT2D eigenvalue weighted by Crippen LogP contribution is 2.12. The lowest BCUT2D eigenvalue weighted by molar-refractivity contribution is -0.157. The van der Waals surface area contributed by atoms with E-state index in [1.54, 1.807) is 69.3 Å². The zero-order valence-electron chi connectivity index (χ0n) is 52.7. The molecule has 1 unspecified atom stereocenters. The number of aliphatic hydroxyl groups excluding tert-OH is 1. The Bertz CT molecular complexity index is 2580. The minimum atomic E-state index is -1.58. The van der Waals surface area contributed by atoms with Crippen LogP contribution in [0.25, 0.3) is 20.9 Å². The second kappa shape index (κ2) is 47.8. The van der Waals surface area contributed by atoms with Gasteiger partial charge in [-0.3, -0.25) is 58.3 Å². The first-order valence-corrected chi connectivity index (χ1v) is 29.8. The number of carbonyl (C=O) groups is 9. The SMILES string of the molecule is CC(=O)N[C@@H](CC(=O)OCc1ccccc1)C(=O)N[C@@H](CC(=O)OC(C)(C)C)C(=O)NCCOCCN=[N+]=[N-].CC(=O)N[C@@H](CC(=O)OCc1ccccc1)C(O)N[C@@H](CC(=O)NCCN1CCOCC1)C(=O)NCCOCCN=[N+]=[N-].NCCN1CCOCC1. The summed E-state index contributed by atoms with van der Waals surface area (Å²) in [5, 5.41) is 35.5. The number of hydrogen-bond donors (Lipinski definition) is 9. The molecule has 0 spiro atoms. The van der Waals surface area contributed by atoms with E-state index in [9.17, 15) is 48.3 Å². The molecule has 6 amide bonds. The first-order valence-electron chi connectivity index (χ1n) is 29.8. The maximum atomic E-state index is 13.0. The standard InChI is InChI=1S/C27H42N8O8.C25H36N6O8.C6H14N2O/c1-20(36)32-23(18-25(38)43-19-21-5-3-2-4-6-21)27(40)33-22(26(39)30-8-13-41-14-9-31-34-28)17-24(37)29-7-10-35-11-15-42-16-12-35;1-17(32)29-20(14-21(33)38-16-18-8-6-5-7-9-18)24(36)30-19(15-22(34)39-25(2,3)4)23(35)27-10-12-37-13-11-28-31-26;7-1-2-8-3-5-9-6-4-8/h2-6,22-23,27,33,40H,7-19H2,1H3,(H,29,37)(H,30,39)(H,32,36);5-9,19-20H,10-16H2,1-4H3,(H,27,35)(H,29,32)(H,30,36);1-7H2/t22-,23-,27?;19-,20-;/m00./s1. The number of azide groups is 2. The summed E-state index contributed by atoms with van der Waals surface area (Å²) in [4.78, 5) is 122. The Morgan fingerprint density at radius 3 is 1.53 bits per heavy atom. The molecule has 0 aliphatic carbocycles. The van der Waals surface area contributed by atoms with Crippen LogP contribution >= 0.6 is 0 Å². The summed E-state index contributed by atoms with van der Waals surface area (Å²) in [7, 11) is 0. The van der Waals surface area contributed by atoms with Gasteiger partial charge in [0.2, 0.25) is 35.4 Å². The Morgan fingerprint density at radius 2 is 1.05 bits per heavy atom. The lowest BCUT2D eigenvalue weighted by atomic mass is 10.1. The Morgan fingerprint density at radius 1 is 0.593 bits per heavy atom. The predicted octanol–water partition coefficient (Wildman–Crippen LogP) is -0.256. The molecule has 0 saturated carbocycles. The lowest BCUT2D eigenvalue weighted by Gasteiger charge is -2.28. The summed E-state index contributed by atoms with van der Waals surface area (Å²) in [5.41, 5.74) is 22.6. The minimum absolute atomic E-state index is 0.0105. The number of nitrogens with zero attached hydrogens (tertiary/aromatic N) is 8. The van der Waals surface area contributed by atoms with E-state index in [-0.39, 0.29) is 78.7 Å². The lowest BCUT2D eigenvalue weighted by Crippen LogP contribution is -2.57. The Labute approximate surface area is 529 Å². The van der Waals surface area contributed by atoms with Gasteiger partial charge in [0, 0.05) is 102 Å². The highest BCUT2D eigenvalue weighted by molar-refractivity contribution is 5.95. The summed E-state index contributed by atoms with van der Waals surface area (Å²) < 4.78 is 36.7. The monoisotopic (exact) mass is 1280 g/mol. The Kier molecular flexibility index (Phi) is 41.5. The van der Waals surface area contributed by atoms with Gasteiger partial charge in [0.25, 0.3) is 0 Å². The molecule has 0 aromatic heterocycles. The smallest absolute Gasteiger partial charge is 0.308 e. The third-order valence-electron chi connectivity index (χ3n) is 12.5. The van der Waals surface area contributed by atoms with Crippen molar-refractivity contribution < 1.29 is 81.4 Å². The van der Waals surface area contributed by atoms with Crippen LogP contribution in [-0.4, -0.2) is 236 Å². The molecule has 0 bridgehead atoms. The number of aliphatic hydroxyl groups is 1. The number of benzene rings is 2. The van der Waals surface area contributed by atoms with Crippen LogP contribution in [-0.2, 0) is 89.5 Å². The topological polar surface area (TPSA) is 453 Å². The zero-order chi connectivity index (χ0) is 67.1. The average Bonchev–Trinajstić information content (AvgIpc) is 2.89. The van der Waals surface area contributed by atoms with Gasteiger partial charge in [-0.2, -0.15) is 0 Å². The van der Waals surface area contributed by atoms with Crippen molar-refractivity contribution in [3.8, 4) is 0 Å². The van der Waals surface area contributed by atoms with Crippen LogP contribution in [0.4, 0.5) is 0 Å². The number of nitrogens with one attached hydrogen (secondary N) is 7. The fraction of sp³-hybridized carbons (Fsp3) is 0.638. The van der Waals surface area contributed by atoms with Gasteiger partial charge in [-0.1, -0.05) is 70.9 Å². The highest BCUT2D eigenvalue weighted by Gasteiger charge is 2.33. The summed E-state index contributed by atoms with van der Waals surface area (Å²) in [6, 6.07) is 12.8. The summed E-state index contributed by atoms with van der Waals surface area (Å²) in [5.74, 6) is -5.88. The van der Waals surface area contributed by atoms with E-state index in [2.05, 4.69) is 67.1 Å². The van der Waals surface area contributed by atoms with Crippen molar-refractivity contribution in [1.29, 1.82) is 0 Å². The van der Waals surface area contributed by atoms with E-state index >= 15 is 0 Å². The van der Waals surface area contributed by atoms with Gasteiger partial charge in [-0.15, -0.1) is 0 Å². The summed E-state index contributed by atoms with van der Waals surface area (Å²) in [6.45, 7) is 17.6. The molecule has 2 aliphatic rings. The molecule has 91 heavy (non-hydrogen) atoms. The molecule has 0 radical (unpaired) electrons. The van der Waals surface area contributed by atoms with Crippen molar-refractivity contribution in [1.82, 2.24) is 47.0 Å². The molecule has 2 aromatic carbocycles. The van der Waals surface area contributed by atoms with Crippen LogP contribution < -0.4 is 43.0 Å².